The molecule has 11 heteroatoms. The molecule has 11 nitrogen and oxygen atoms in total. The summed E-state index contributed by atoms with van der Waals surface area (Å²) < 4.78 is 8.62. The van der Waals surface area contributed by atoms with Crippen LogP contribution in [0.3, 0.4) is 0 Å². The number of fused-ring (bicyclic) bond motifs is 1. The minimum Gasteiger partial charge on any atom is -0.393 e. The lowest BCUT2D eigenvalue weighted by atomic mass is 9.89. The van der Waals surface area contributed by atoms with Gasteiger partial charge in [0.1, 0.15) is 22.9 Å². The predicted octanol–water partition coefficient (Wildman–Crippen LogP) is 2.06. The van der Waals surface area contributed by atoms with E-state index in [2.05, 4.69) is 26.0 Å². The van der Waals surface area contributed by atoms with E-state index in [1.807, 2.05) is 6.07 Å². The fraction of sp³-hybridized carbons (Fsp3) is 0.500. The number of rotatable bonds is 7. The summed E-state index contributed by atoms with van der Waals surface area (Å²) in [7, 11) is 3.40. The molecule has 35 heavy (non-hydrogen) atoms. The zero-order valence-electron chi connectivity index (χ0n) is 19.9. The number of nitrogens with zero attached hydrogens (tertiary/aromatic N) is 4. The van der Waals surface area contributed by atoms with Crippen molar-refractivity contribution in [1.29, 1.82) is 0 Å². The van der Waals surface area contributed by atoms with E-state index in [0.29, 0.717) is 35.0 Å². The number of aliphatic hydroxyl groups is 1. The number of anilines is 3. The van der Waals surface area contributed by atoms with Gasteiger partial charge in [-0.1, -0.05) is 0 Å². The molecule has 0 saturated heterocycles. The summed E-state index contributed by atoms with van der Waals surface area (Å²) in [4.78, 5) is 30.8. The molecule has 2 fully saturated rings. The molecule has 4 N–H and O–H groups in total. The SMILES string of the molecule is CNc1cc(Nc2cccn([C@H]3CCC[C@@H](O)C3)c2=O)nc2c(C(=O)NC3CC[C@H]3OC)cnn12. The van der Waals surface area contributed by atoms with E-state index in [9.17, 15) is 14.7 Å². The van der Waals surface area contributed by atoms with Crippen molar-refractivity contribution in [2.45, 2.75) is 62.8 Å². The van der Waals surface area contributed by atoms with Crippen LogP contribution in [0.2, 0.25) is 0 Å². The third kappa shape index (κ3) is 4.48. The van der Waals surface area contributed by atoms with Crippen molar-refractivity contribution in [3.8, 4) is 0 Å². The van der Waals surface area contributed by atoms with Crippen LogP contribution in [-0.4, -0.2) is 62.6 Å². The quantitative estimate of drug-likeness (QED) is 0.403. The summed E-state index contributed by atoms with van der Waals surface area (Å²) in [6, 6.07) is 5.17. The van der Waals surface area contributed by atoms with Crippen LogP contribution in [-0.2, 0) is 4.74 Å². The smallest absolute Gasteiger partial charge is 0.274 e. The minimum absolute atomic E-state index is 0.0179. The number of hydrogen-bond donors (Lipinski definition) is 4. The maximum Gasteiger partial charge on any atom is 0.274 e. The summed E-state index contributed by atoms with van der Waals surface area (Å²) in [6.45, 7) is 0. The van der Waals surface area contributed by atoms with Gasteiger partial charge in [0.25, 0.3) is 11.5 Å². The Balaban J connectivity index is 1.44. The third-order valence-corrected chi connectivity index (χ3v) is 7.05. The van der Waals surface area contributed by atoms with Gasteiger partial charge in [0.05, 0.1) is 24.4 Å². The predicted molar refractivity (Wildman–Crippen MR) is 131 cm³/mol. The number of nitrogens with one attached hydrogen (secondary N) is 3. The number of pyridine rings is 1. The number of methoxy groups -OCH3 is 1. The summed E-state index contributed by atoms with van der Waals surface area (Å²) in [5, 5.41) is 23.6. The van der Waals surface area contributed by atoms with Crippen LogP contribution < -0.4 is 21.5 Å². The molecule has 3 aromatic heterocycles. The van der Waals surface area contributed by atoms with E-state index in [0.717, 1.165) is 32.1 Å². The number of aliphatic hydroxyl groups excluding tert-OH is 1. The Morgan fingerprint density at radius 2 is 2.11 bits per heavy atom. The van der Waals surface area contributed by atoms with E-state index in [-0.39, 0.29) is 35.8 Å². The van der Waals surface area contributed by atoms with Crippen molar-refractivity contribution in [1.82, 2.24) is 24.5 Å². The molecule has 1 amide bonds. The summed E-state index contributed by atoms with van der Waals surface area (Å²) in [5.74, 6) is 0.756. The van der Waals surface area contributed by atoms with Crippen molar-refractivity contribution >= 4 is 28.9 Å². The molecular formula is C24H31N7O4. The Kier molecular flexibility index (Phi) is 6.44. The van der Waals surface area contributed by atoms with Crippen LogP contribution in [0.25, 0.3) is 5.65 Å². The largest absolute Gasteiger partial charge is 0.393 e. The van der Waals surface area contributed by atoms with E-state index in [4.69, 9.17) is 4.74 Å². The lowest BCUT2D eigenvalue weighted by Crippen LogP contribution is -2.51. The molecule has 0 spiro atoms. The van der Waals surface area contributed by atoms with Crippen molar-refractivity contribution in [3.63, 3.8) is 0 Å². The highest BCUT2D eigenvalue weighted by Gasteiger charge is 2.33. The first-order chi connectivity index (χ1) is 17.0. The highest BCUT2D eigenvalue weighted by molar-refractivity contribution is 6.00. The molecular weight excluding hydrogens is 450 g/mol. The fourth-order valence-electron chi connectivity index (χ4n) is 4.95. The van der Waals surface area contributed by atoms with Gasteiger partial charge in [0, 0.05) is 32.5 Å². The lowest BCUT2D eigenvalue weighted by molar-refractivity contribution is 0.00732. The zero-order chi connectivity index (χ0) is 24.5. The molecule has 5 rings (SSSR count). The van der Waals surface area contributed by atoms with Gasteiger partial charge in [-0.05, 0) is 50.7 Å². The maximum atomic E-state index is 13.2. The Hall–Kier alpha value is -3.44. The van der Waals surface area contributed by atoms with Gasteiger partial charge < -0.3 is 30.4 Å². The van der Waals surface area contributed by atoms with Gasteiger partial charge in [-0.15, -0.1) is 0 Å². The van der Waals surface area contributed by atoms with Gasteiger partial charge in [-0.25, -0.2) is 4.98 Å². The average Bonchev–Trinajstić information content (AvgIpc) is 3.27. The Labute approximate surface area is 202 Å². The van der Waals surface area contributed by atoms with Gasteiger partial charge >= 0.3 is 0 Å². The first-order valence-corrected chi connectivity index (χ1v) is 12.0. The number of carbonyl (C=O) groups is 1. The summed E-state index contributed by atoms with van der Waals surface area (Å²) in [5.41, 5.74) is 0.904. The Bertz CT molecular complexity index is 1280. The molecule has 2 aliphatic rings. The molecule has 3 aromatic rings. The normalized spacial score (nSPS) is 24.1. The average molecular weight is 482 g/mol. The van der Waals surface area contributed by atoms with Crippen molar-refractivity contribution in [3.05, 3.63) is 46.5 Å². The Morgan fingerprint density at radius 1 is 1.26 bits per heavy atom. The van der Waals surface area contributed by atoms with Gasteiger partial charge in [-0.2, -0.15) is 9.61 Å². The van der Waals surface area contributed by atoms with Crippen LogP contribution in [0.15, 0.2) is 35.4 Å². The molecule has 0 radical (unpaired) electrons. The minimum atomic E-state index is -0.384. The molecule has 0 aromatic carbocycles. The summed E-state index contributed by atoms with van der Waals surface area (Å²) in [6.07, 6.45) is 7.75. The standard InChI is InChI=1S/C24H31N7O4/c1-25-21-12-20(27-18-7-4-10-30(24(18)34)14-5-3-6-15(32)11-14)29-22-16(13-26-31(21)22)23(33)28-17-8-9-19(17)35-2/h4,7,10,12-15,17,19,25,32H,3,5-6,8-9,11H2,1-2H3,(H,27,29)(H,28,33)/t14-,15+,17?,19+/m0/s1. The highest BCUT2D eigenvalue weighted by atomic mass is 16.5. The van der Waals surface area contributed by atoms with Crippen LogP contribution in [0.5, 0.6) is 0 Å². The molecule has 1 unspecified atom stereocenters. The molecule has 2 saturated carbocycles. The first-order valence-electron chi connectivity index (χ1n) is 12.0. The van der Waals surface area contributed by atoms with E-state index in [1.54, 1.807) is 41.6 Å². The Morgan fingerprint density at radius 3 is 2.83 bits per heavy atom. The van der Waals surface area contributed by atoms with Crippen LogP contribution >= 0.6 is 0 Å². The van der Waals surface area contributed by atoms with Gasteiger partial charge in [0.2, 0.25) is 0 Å². The van der Waals surface area contributed by atoms with Crippen molar-refractivity contribution < 1.29 is 14.6 Å². The molecule has 4 atom stereocenters. The first kappa shape index (κ1) is 23.3. The monoisotopic (exact) mass is 481 g/mol. The number of ether oxygens (including phenoxy) is 1. The van der Waals surface area contributed by atoms with Crippen molar-refractivity contribution in [2.75, 3.05) is 24.8 Å². The fourth-order valence-corrected chi connectivity index (χ4v) is 4.95. The third-order valence-electron chi connectivity index (χ3n) is 7.05. The van der Waals surface area contributed by atoms with Crippen LogP contribution in [0.1, 0.15) is 54.9 Å². The second kappa shape index (κ2) is 9.67. The number of carbonyl (C=O) groups excluding carboxylic acids is 1. The van der Waals surface area contributed by atoms with Crippen LogP contribution in [0, 0.1) is 0 Å². The summed E-state index contributed by atoms with van der Waals surface area (Å²) >= 11 is 0. The van der Waals surface area contributed by atoms with Crippen molar-refractivity contribution in [2.24, 2.45) is 0 Å². The van der Waals surface area contributed by atoms with E-state index >= 15 is 0 Å². The maximum absolute atomic E-state index is 13.2. The molecule has 186 valence electrons. The highest BCUT2D eigenvalue weighted by Crippen LogP contribution is 2.28. The molecule has 2 aliphatic carbocycles. The van der Waals surface area contributed by atoms with Gasteiger partial charge in [-0.3, -0.25) is 9.59 Å². The topological polar surface area (TPSA) is 135 Å². The molecule has 0 bridgehead atoms. The van der Waals surface area contributed by atoms with E-state index in [1.165, 1.54) is 6.20 Å². The van der Waals surface area contributed by atoms with Gasteiger partial charge in [0.15, 0.2) is 5.65 Å². The molecule has 3 heterocycles. The zero-order valence-corrected chi connectivity index (χ0v) is 19.9. The number of hydrogen-bond acceptors (Lipinski definition) is 8. The van der Waals surface area contributed by atoms with E-state index < -0.39 is 0 Å². The van der Waals surface area contributed by atoms with Crippen LogP contribution in [0.4, 0.5) is 17.3 Å². The molecule has 0 aliphatic heterocycles. The second-order valence-electron chi connectivity index (χ2n) is 9.24. The number of aromatic nitrogens is 4. The number of amides is 1. The lowest BCUT2D eigenvalue weighted by Gasteiger charge is -2.35. The second-order valence-corrected chi connectivity index (χ2v) is 9.24.